The second-order valence-corrected chi connectivity index (χ2v) is 9.42. The molecule has 2 aromatic rings. The van der Waals surface area contributed by atoms with Crippen molar-refractivity contribution in [3.8, 4) is 0 Å². The van der Waals surface area contributed by atoms with Crippen LogP contribution in [0.3, 0.4) is 0 Å². The minimum absolute atomic E-state index is 0.112. The molecule has 1 aliphatic heterocycles. The Morgan fingerprint density at radius 3 is 2.46 bits per heavy atom. The SMILES string of the molecule is Cc1ccc(S(=O)(=O)N2CCCC2C(=O)Nc2ccc(C(=O)O)cc2)s1. The van der Waals surface area contributed by atoms with E-state index >= 15 is 0 Å². The van der Waals surface area contributed by atoms with Gasteiger partial charge in [0, 0.05) is 17.1 Å². The van der Waals surface area contributed by atoms with Crippen LogP contribution in [0.5, 0.6) is 0 Å². The molecule has 2 heterocycles. The van der Waals surface area contributed by atoms with Gasteiger partial charge < -0.3 is 10.4 Å². The van der Waals surface area contributed by atoms with Crippen molar-refractivity contribution >= 4 is 38.9 Å². The van der Waals surface area contributed by atoms with E-state index in [2.05, 4.69) is 5.32 Å². The van der Waals surface area contributed by atoms with Crippen LogP contribution in [0, 0.1) is 6.92 Å². The van der Waals surface area contributed by atoms with Gasteiger partial charge in [0.05, 0.1) is 5.56 Å². The van der Waals surface area contributed by atoms with Gasteiger partial charge in [0.25, 0.3) is 10.0 Å². The summed E-state index contributed by atoms with van der Waals surface area (Å²) in [4.78, 5) is 24.4. The summed E-state index contributed by atoms with van der Waals surface area (Å²) in [5.41, 5.74) is 0.539. The summed E-state index contributed by atoms with van der Waals surface area (Å²) in [5.74, 6) is -1.47. The van der Waals surface area contributed by atoms with Crippen molar-refractivity contribution < 1.29 is 23.1 Å². The number of nitrogens with one attached hydrogen (secondary N) is 1. The molecule has 1 fully saturated rings. The van der Waals surface area contributed by atoms with Crippen LogP contribution in [0.1, 0.15) is 28.1 Å². The first-order chi connectivity index (χ1) is 12.3. The Bertz CT molecular complexity index is 934. The summed E-state index contributed by atoms with van der Waals surface area (Å²) in [5, 5.41) is 11.6. The summed E-state index contributed by atoms with van der Waals surface area (Å²) in [6.07, 6.45) is 1.06. The normalized spacial score (nSPS) is 18.0. The predicted octanol–water partition coefficient (Wildman–Crippen LogP) is 2.55. The standard InChI is InChI=1S/C17H18N2O5S2/c1-11-4-9-15(25-11)26(23,24)19-10-2-3-14(19)16(20)18-13-7-5-12(6-8-13)17(21)22/h4-9,14H,2-3,10H2,1H3,(H,18,20)(H,21,22). The zero-order chi connectivity index (χ0) is 18.9. The van der Waals surface area contributed by atoms with E-state index in [1.54, 1.807) is 12.1 Å². The van der Waals surface area contributed by atoms with E-state index < -0.39 is 27.9 Å². The van der Waals surface area contributed by atoms with E-state index in [0.29, 0.717) is 25.1 Å². The van der Waals surface area contributed by atoms with Gasteiger partial charge in [-0.25, -0.2) is 13.2 Å². The van der Waals surface area contributed by atoms with Crippen LogP contribution >= 0.6 is 11.3 Å². The Balaban J connectivity index is 1.77. The number of hydrogen-bond donors (Lipinski definition) is 2. The number of aryl methyl sites for hydroxylation is 1. The number of carboxylic acid groups (broad SMARTS) is 1. The van der Waals surface area contributed by atoms with Gasteiger partial charge in [-0.3, -0.25) is 4.79 Å². The lowest BCUT2D eigenvalue weighted by Gasteiger charge is -2.22. The molecular formula is C17H18N2O5S2. The quantitative estimate of drug-likeness (QED) is 0.811. The summed E-state index contributed by atoms with van der Waals surface area (Å²) < 4.78 is 27.1. The van der Waals surface area contributed by atoms with Crippen LogP contribution in [0.4, 0.5) is 5.69 Å². The molecule has 0 bridgehead atoms. The van der Waals surface area contributed by atoms with Crippen molar-refractivity contribution in [1.29, 1.82) is 0 Å². The van der Waals surface area contributed by atoms with Crippen LogP contribution in [-0.4, -0.2) is 42.3 Å². The fraction of sp³-hybridized carbons (Fsp3) is 0.294. The van der Waals surface area contributed by atoms with Crippen LogP contribution in [0.25, 0.3) is 0 Å². The van der Waals surface area contributed by atoms with Crippen LogP contribution < -0.4 is 5.32 Å². The highest BCUT2D eigenvalue weighted by atomic mass is 32.2. The van der Waals surface area contributed by atoms with E-state index in [0.717, 1.165) is 4.88 Å². The predicted molar refractivity (Wildman–Crippen MR) is 98.0 cm³/mol. The molecule has 1 aromatic carbocycles. The summed E-state index contributed by atoms with van der Waals surface area (Å²) >= 11 is 1.19. The molecule has 9 heteroatoms. The first kappa shape index (κ1) is 18.6. The highest BCUT2D eigenvalue weighted by molar-refractivity contribution is 7.91. The lowest BCUT2D eigenvalue weighted by molar-refractivity contribution is -0.119. The Kier molecular flexibility index (Phi) is 5.12. The smallest absolute Gasteiger partial charge is 0.335 e. The number of sulfonamides is 1. The molecule has 0 saturated carbocycles. The third-order valence-corrected chi connectivity index (χ3v) is 7.56. The summed E-state index contributed by atoms with van der Waals surface area (Å²) in [6, 6.07) is 8.27. The van der Waals surface area contributed by atoms with E-state index in [4.69, 9.17) is 5.11 Å². The largest absolute Gasteiger partial charge is 0.478 e. The Morgan fingerprint density at radius 1 is 1.19 bits per heavy atom. The minimum atomic E-state index is -3.71. The molecule has 1 atom stereocenters. The number of anilines is 1. The third-order valence-electron chi connectivity index (χ3n) is 4.18. The lowest BCUT2D eigenvalue weighted by Crippen LogP contribution is -2.42. The van der Waals surface area contributed by atoms with E-state index in [9.17, 15) is 18.0 Å². The van der Waals surface area contributed by atoms with Crippen molar-refractivity contribution in [2.75, 3.05) is 11.9 Å². The Hall–Kier alpha value is -2.23. The monoisotopic (exact) mass is 394 g/mol. The van der Waals surface area contributed by atoms with Gasteiger partial charge in [0.2, 0.25) is 5.91 Å². The summed E-state index contributed by atoms with van der Waals surface area (Å²) in [6.45, 7) is 2.13. The average Bonchev–Trinajstić information content (AvgIpc) is 3.24. The van der Waals surface area contributed by atoms with Crippen LogP contribution in [-0.2, 0) is 14.8 Å². The topological polar surface area (TPSA) is 104 Å². The van der Waals surface area contributed by atoms with Crippen molar-refractivity contribution in [3.05, 3.63) is 46.8 Å². The molecule has 0 spiro atoms. The van der Waals surface area contributed by atoms with E-state index in [1.165, 1.54) is 39.9 Å². The molecule has 1 aromatic heterocycles. The second-order valence-electron chi connectivity index (χ2n) is 6.01. The van der Waals surface area contributed by atoms with E-state index in [1.807, 2.05) is 6.92 Å². The van der Waals surface area contributed by atoms with Crippen LogP contribution in [0.2, 0.25) is 0 Å². The molecule has 3 rings (SSSR count). The van der Waals surface area contributed by atoms with E-state index in [-0.39, 0.29) is 9.77 Å². The minimum Gasteiger partial charge on any atom is -0.478 e. The first-order valence-electron chi connectivity index (χ1n) is 8.01. The van der Waals surface area contributed by atoms with Gasteiger partial charge in [-0.15, -0.1) is 11.3 Å². The molecule has 1 saturated heterocycles. The number of hydrogen-bond acceptors (Lipinski definition) is 5. The maximum absolute atomic E-state index is 12.8. The fourth-order valence-electron chi connectivity index (χ4n) is 2.88. The number of benzene rings is 1. The highest BCUT2D eigenvalue weighted by Crippen LogP contribution is 2.30. The molecule has 1 unspecified atom stereocenters. The number of carboxylic acids is 1. The van der Waals surface area contributed by atoms with Gasteiger partial charge >= 0.3 is 5.97 Å². The molecule has 0 aliphatic carbocycles. The van der Waals surface area contributed by atoms with Gasteiger partial charge in [-0.05, 0) is 56.2 Å². The molecule has 1 aliphatic rings. The maximum Gasteiger partial charge on any atom is 0.335 e. The molecule has 2 N–H and O–H groups in total. The number of carbonyl (C=O) groups is 2. The van der Waals surface area contributed by atoms with Crippen LogP contribution in [0.15, 0.2) is 40.6 Å². The molecule has 7 nitrogen and oxygen atoms in total. The number of nitrogens with zero attached hydrogens (tertiary/aromatic N) is 1. The molecule has 26 heavy (non-hydrogen) atoms. The van der Waals surface area contributed by atoms with Crippen molar-refractivity contribution in [2.45, 2.75) is 30.0 Å². The lowest BCUT2D eigenvalue weighted by atomic mass is 10.2. The number of thiophene rings is 1. The number of aromatic carboxylic acids is 1. The second kappa shape index (κ2) is 7.18. The first-order valence-corrected chi connectivity index (χ1v) is 10.3. The molecule has 138 valence electrons. The average molecular weight is 394 g/mol. The van der Waals surface area contributed by atoms with Gasteiger partial charge in [-0.1, -0.05) is 0 Å². The van der Waals surface area contributed by atoms with Gasteiger partial charge in [0.15, 0.2) is 0 Å². The van der Waals surface area contributed by atoms with Crippen molar-refractivity contribution in [2.24, 2.45) is 0 Å². The molecule has 1 amide bonds. The number of amides is 1. The van der Waals surface area contributed by atoms with Gasteiger partial charge in [-0.2, -0.15) is 4.31 Å². The molecular weight excluding hydrogens is 376 g/mol. The zero-order valence-corrected chi connectivity index (χ0v) is 15.6. The van der Waals surface area contributed by atoms with Gasteiger partial charge in [0.1, 0.15) is 10.3 Å². The number of rotatable bonds is 5. The van der Waals surface area contributed by atoms with Crippen molar-refractivity contribution in [1.82, 2.24) is 4.31 Å². The number of carbonyl (C=O) groups excluding carboxylic acids is 1. The summed E-state index contributed by atoms with van der Waals surface area (Å²) in [7, 11) is -3.71. The fourth-order valence-corrected chi connectivity index (χ4v) is 5.95. The maximum atomic E-state index is 12.8. The third kappa shape index (κ3) is 3.64. The zero-order valence-electron chi connectivity index (χ0n) is 14.0. The Morgan fingerprint density at radius 2 is 1.88 bits per heavy atom. The Labute approximate surface area is 155 Å². The molecule has 0 radical (unpaired) electrons. The van der Waals surface area contributed by atoms with Crippen molar-refractivity contribution in [3.63, 3.8) is 0 Å². The highest BCUT2D eigenvalue weighted by Gasteiger charge is 2.40.